The largest absolute Gasteiger partial charge is 0.379 e. The first-order chi connectivity index (χ1) is 10.7. The van der Waals surface area contributed by atoms with E-state index in [9.17, 15) is 8.42 Å². The second-order valence-corrected chi connectivity index (χ2v) is 8.00. The van der Waals surface area contributed by atoms with Gasteiger partial charge in [0.1, 0.15) is 0 Å². The van der Waals surface area contributed by atoms with Gasteiger partial charge in [-0.3, -0.25) is 0 Å². The lowest BCUT2D eigenvalue weighted by atomic mass is 9.91. The highest BCUT2D eigenvalue weighted by Crippen LogP contribution is 2.21. The molecule has 3 rings (SSSR count). The molecule has 7 heteroatoms. The third kappa shape index (κ3) is 4.67. The number of hydrogen-bond donors (Lipinski definition) is 1. The molecule has 0 unspecified atom stereocenters. The molecule has 130 valence electrons. The number of piperidine rings is 1. The Hall–Kier alpha value is -0.660. The Morgan fingerprint density at radius 1 is 1.09 bits per heavy atom. The van der Waals surface area contributed by atoms with Crippen molar-refractivity contribution in [2.24, 2.45) is 5.92 Å². The van der Waals surface area contributed by atoms with Gasteiger partial charge in [-0.25, -0.2) is 8.42 Å². The van der Waals surface area contributed by atoms with Gasteiger partial charge in [-0.15, -0.1) is 12.4 Å². The molecule has 1 aromatic rings. The third-order valence-corrected chi connectivity index (χ3v) is 6.43. The highest BCUT2D eigenvalue weighted by molar-refractivity contribution is 7.89. The van der Waals surface area contributed by atoms with Crippen LogP contribution < -0.4 is 5.32 Å². The summed E-state index contributed by atoms with van der Waals surface area (Å²) < 4.78 is 31.8. The van der Waals surface area contributed by atoms with Crippen molar-refractivity contribution in [2.75, 3.05) is 39.4 Å². The smallest absolute Gasteiger partial charge is 0.243 e. The zero-order chi connectivity index (χ0) is 15.4. The van der Waals surface area contributed by atoms with Gasteiger partial charge in [0, 0.05) is 13.1 Å². The molecule has 2 aliphatic heterocycles. The summed E-state index contributed by atoms with van der Waals surface area (Å²) >= 11 is 0. The van der Waals surface area contributed by atoms with Crippen molar-refractivity contribution in [1.29, 1.82) is 0 Å². The molecule has 1 N–H and O–H groups in total. The summed E-state index contributed by atoms with van der Waals surface area (Å²) in [6, 6.07) is 7.44. The zero-order valence-electron chi connectivity index (χ0n) is 13.2. The summed E-state index contributed by atoms with van der Waals surface area (Å²) in [5.74, 6) is 0.711. The summed E-state index contributed by atoms with van der Waals surface area (Å²) in [6.45, 7) is 4.03. The minimum absolute atomic E-state index is 0. The topological polar surface area (TPSA) is 58.6 Å². The van der Waals surface area contributed by atoms with Crippen molar-refractivity contribution in [3.05, 3.63) is 29.8 Å². The number of rotatable bonds is 4. The van der Waals surface area contributed by atoms with E-state index < -0.39 is 10.0 Å². The minimum Gasteiger partial charge on any atom is -0.379 e. The molecule has 2 aliphatic rings. The average molecular weight is 361 g/mol. The molecule has 0 aromatic heterocycles. The molecule has 1 aromatic carbocycles. The first kappa shape index (κ1) is 18.7. The van der Waals surface area contributed by atoms with Crippen LogP contribution in [0.25, 0.3) is 0 Å². The van der Waals surface area contributed by atoms with Crippen LogP contribution in [0.1, 0.15) is 18.4 Å². The molecule has 0 aliphatic carbocycles. The van der Waals surface area contributed by atoms with Gasteiger partial charge in [-0.1, -0.05) is 12.1 Å². The van der Waals surface area contributed by atoms with E-state index in [0.717, 1.165) is 19.5 Å². The molecular formula is C16H25ClN2O3S. The second kappa shape index (κ2) is 8.44. The molecule has 0 radical (unpaired) electrons. The molecule has 2 saturated heterocycles. The monoisotopic (exact) mass is 360 g/mol. The Morgan fingerprint density at radius 3 is 2.30 bits per heavy atom. The minimum atomic E-state index is -3.37. The Bertz CT molecular complexity index is 580. The van der Waals surface area contributed by atoms with Gasteiger partial charge in [0.25, 0.3) is 0 Å². The summed E-state index contributed by atoms with van der Waals surface area (Å²) in [7, 11) is -3.37. The SMILES string of the molecule is Cl.O=S(=O)(c1ccc(CC2CCNCC2)cc1)N1CCOCC1. The molecule has 0 amide bonds. The fraction of sp³-hybridized carbons (Fsp3) is 0.625. The Kier molecular flexibility index (Phi) is 6.85. The van der Waals surface area contributed by atoms with Gasteiger partial charge in [-0.05, 0) is 56.0 Å². The van der Waals surface area contributed by atoms with E-state index in [2.05, 4.69) is 5.32 Å². The van der Waals surface area contributed by atoms with Gasteiger partial charge in [-0.2, -0.15) is 4.31 Å². The van der Waals surface area contributed by atoms with E-state index in [1.807, 2.05) is 12.1 Å². The first-order valence-corrected chi connectivity index (χ1v) is 9.48. The van der Waals surface area contributed by atoms with Crippen LogP contribution in [0.15, 0.2) is 29.2 Å². The quantitative estimate of drug-likeness (QED) is 0.887. The van der Waals surface area contributed by atoms with Crippen LogP contribution in [0, 0.1) is 5.92 Å². The predicted octanol–water partition coefficient (Wildman–Crippen LogP) is 1.67. The molecule has 2 heterocycles. The summed E-state index contributed by atoms with van der Waals surface area (Å²) in [6.07, 6.45) is 3.45. The third-order valence-electron chi connectivity index (χ3n) is 4.51. The van der Waals surface area contributed by atoms with E-state index in [4.69, 9.17) is 4.74 Å². The van der Waals surface area contributed by atoms with Crippen molar-refractivity contribution in [1.82, 2.24) is 9.62 Å². The van der Waals surface area contributed by atoms with E-state index >= 15 is 0 Å². The zero-order valence-corrected chi connectivity index (χ0v) is 14.9. The first-order valence-electron chi connectivity index (χ1n) is 8.04. The molecule has 2 fully saturated rings. The highest BCUT2D eigenvalue weighted by atomic mass is 35.5. The van der Waals surface area contributed by atoms with Crippen LogP contribution in [0.2, 0.25) is 0 Å². The molecule has 5 nitrogen and oxygen atoms in total. The van der Waals surface area contributed by atoms with Gasteiger partial charge in [0.2, 0.25) is 10.0 Å². The summed E-state index contributed by atoms with van der Waals surface area (Å²) in [4.78, 5) is 0.392. The van der Waals surface area contributed by atoms with Crippen LogP contribution in [-0.4, -0.2) is 52.1 Å². The maximum absolute atomic E-state index is 12.6. The van der Waals surface area contributed by atoms with Crippen LogP contribution >= 0.6 is 12.4 Å². The molecule has 23 heavy (non-hydrogen) atoms. The van der Waals surface area contributed by atoms with Crippen LogP contribution in [-0.2, 0) is 21.2 Å². The molecule has 0 saturated carbocycles. The number of sulfonamides is 1. The lowest BCUT2D eigenvalue weighted by molar-refractivity contribution is 0.0730. The van der Waals surface area contributed by atoms with Crippen molar-refractivity contribution in [3.8, 4) is 0 Å². The van der Waals surface area contributed by atoms with E-state index in [1.165, 1.54) is 22.7 Å². The van der Waals surface area contributed by atoms with Crippen molar-refractivity contribution in [3.63, 3.8) is 0 Å². The second-order valence-electron chi connectivity index (χ2n) is 6.06. The number of benzene rings is 1. The van der Waals surface area contributed by atoms with Gasteiger partial charge < -0.3 is 10.1 Å². The lowest BCUT2D eigenvalue weighted by Crippen LogP contribution is -2.40. The van der Waals surface area contributed by atoms with Crippen molar-refractivity contribution in [2.45, 2.75) is 24.2 Å². The fourth-order valence-electron chi connectivity index (χ4n) is 3.15. The van der Waals surface area contributed by atoms with Crippen LogP contribution in [0.3, 0.4) is 0 Å². The lowest BCUT2D eigenvalue weighted by Gasteiger charge is -2.26. The number of ether oxygens (including phenoxy) is 1. The molecule has 0 atom stereocenters. The standard InChI is InChI=1S/C16H24N2O3S.ClH/c19-22(20,18-9-11-21-12-10-18)16-3-1-14(2-4-16)13-15-5-7-17-8-6-15;/h1-4,15,17H,5-13H2;1H. The van der Waals surface area contributed by atoms with Gasteiger partial charge in [0.05, 0.1) is 18.1 Å². The molecular weight excluding hydrogens is 336 g/mol. The van der Waals surface area contributed by atoms with E-state index in [-0.39, 0.29) is 12.4 Å². The summed E-state index contributed by atoms with van der Waals surface area (Å²) in [5, 5.41) is 3.37. The maximum atomic E-state index is 12.6. The predicted molar refractivity (Wildman–Crippen MR) is 92.6 cm³/mol. The number of morpholine rings is 1. The average Bonchev–Trinajstić information content (AvgIpc) is 2.57. The number of nitrogens with zero attached hydrogens (tertiary/aromatic N) is 1. The van der Waals surface area contributed by atoms with Crippen molar-refractivity contribution < 1.29 is 13.2 Å². The Labute approximate surface area is 144 Å². The number of halogens is 1. The van der Waals surface area contributed by atoms with Crippen LogP contribution in [0.5, 0.6) is 0 Å². The van der Waals surface area contributed by atoms with E-state index in [1.54, 1.807) is 12.1 Å². The Balaban J connectivity index is 0.00000192. The fourth-order valence-corrected chi connectivity index (χ4v) is 4.56. The molecule has 0 bridgehead atoms. The van der Waals surface area contributed by atoms with Crippen LogP contribution in [0.4, 0.5) is 0 Å². The highest BCUT2D eigenvalue weighted by Gasteiger charge is 2.26. The Morgan fingerprint density at radius 2 is 1.70 bits per heavy atom. The van der Waals surface area contributed by atoms with Crippen molar-refractivity contribution >= 4 is 22.4 Å². The number of nitrogens with one attached hydrogen (secondary N) is 1. The normalized spacial score (nSPS) is 20.9. The van der Waals surface area contributed by atoms with E-state index in [0.29, 0.717) is 37.1 Å². The van der Waals surface area contributed by atoms with Gasteiger partial charge >= 0.3 is 0 Å². The van der Waals surface area contributed by atoms with Gasteiger partial charge in [0.15, 0.2) is 0 Å². The summed E-state index contributed by atoms with van der Waals surface area (Å²) in [5.41, 5.74) is 1.23. The number of hydrogen-bond acceptors (Lipinski definition) is 4. The maximum Gasteiger partial charge on any atom is 0.243 e. The molecule has 0 spiro atoms.